The first-order valence-electron chi connectivity index (χ1n) is 14.8. The topological polar surface area (TPSA) is 50.8 Å². The van der Waals surface area contributed by atoms with Gasteiger partial charge in [-0.15, -0.1) is 0 Å². The number of hydrogen-bond donors (Lipinski definition) is 1. The van der Waals surface area contributed by atoms with Gasteiger partial charge in [0.2, 0.25) is 5.91 Å². The fraction of sp³-hybridized carbons (Fsp3) is 0.441. The number of amides is 1. The summed E-state index contributed by atoms with van der Waals surface area (Å²) in [5.74, 6) is 2.74. The maximum atomic E-state index is 14.4. The fourth-order valence-corrected chi connectivity index (χ4v) is 7.27. The fourth-order valence-electron chi connectivity index (χ4n) is 6.77. The molecule has 3 aliphatic rings. The minimum atomic E-state index is 0.00116. The number of nitrogens with one attached hydrogen (secondary N) is 1. The number of carbonyl (C=O) groups is 1. The second-order valence-electron chi connectivity index (χ2n) is 11.8. The lowest BCUT2D eigenvalue weighted by Crippen LogP contribution is -2.41. The Morgan fingerprint density at radius 2 is 1.63 bits per heavy atom. The summed E-state index contributed by atoms with van der Waals surface area (Å²) in [7, 11) is 0. The summed E-state index contributed by atoms with van der Waals surface area (Å²) in [5, 5.41) is 4.53. The van der Waals surface area contributed by atoms with Crippen molar-refractivity contribution < 1.29 is 14.3 Å². The lowest BCUT2D eigenvalue weighted by Gasteiger charge is -2.32. The first kappa shape index (κ1) is 28.4. The lowest BCUT2D eigenvalue weighted by molar-refractivity contribution is -0.138. The van der Waals surface area contributed by atoms with Crippen LogP contribution in [0.3, 0.4) is 0 Å². The van der Waals surface area contributed by atoms with Gasteiger partial charge in [-0.05, 0) is 110 Å². The van der Waals surface area contributed by atoms with Gasteiger partial charge in [-0.3, -0.25) is 4.79 Å². The molecule has 0 unspecified atom stereocenters. The molecule has 3 aromatic carbocycles. The van der Waals surface area contributed by atoms with Crippen LogP contribution in [-0.2, 0) is 11.3 Å². The number of halogens is 2. The molecule has 2 aliphatic carbocycles. The van der Waals surface area contributed by atoms with E-state index in [9.17, 15) is 4.79 Å². The van der Waals surface area contributed by atoms with Crippen LogP contribution in [-0.4, -0.2) is 43.2 Å². The zero-order valence-electron chi connectivity index (χ0n) is 23.7. The molecule has 41 heavy (non-hydrogen) atoms. The molecular formula is C34H38Cl2N2O3. The summed E-state index contributed by atoms with van der Waals surface area (Å²) < 4.78 is 11.7. The van der Waals surface area contributed by atoms with Crippen LogP contribution in [0.15, 0.2) is 60.7 Å². The van der Waals surface area contributed by atoms with Gasteiger partial charge < -0.3 is 19.7 Å². The molecule has 1 N–H and O–H groups in total. The van der Waals surface area contributed by atoms with Crippen LogP contribution in [0.5, 0.6) is 11.5 Å². The largest absolute Gasteiger partial charge is 0.490 e. The zero-order valence-corrected chi connectivity index (χ0v) is 25.3. The summed E-state index contributed by atoms with van der Waals surface area (Å²) in [4.78, 5) is 16.6. The molecule has 6 rings (SSSR count). The van der Waals surface area contributed by atoms with Crippen LogP contribution < -0.4 is 14.8 Å². The molecule has 4 atom stereocenters. The number of hydrogen-bond acceptors (Lipinski definition) is 4. The summed E-state index contributed by atoms with van der Waals surface area (Å²) in [6, 6.07) is 20.4. The molecule has 1 amide bonds. The van der Waals surface area contributed by atoms with Crippen LogP contribution in [0, 0.1) is 31.6 Å². The van der Waals surface area contributed by atoms with Gasteiger partial charge in [-0.1, -0.05) is 59.6 Å². The zero-order chi connectivity index (χ0) is 28.5. The molecule has 1 heterocycles. The number of benzene rings is 3. The second-order valence-corrected chi connectivity index (χ2v) is 12.6. The highest BCUT2D eigenvalue weighted by atomic mass is 35.5. The van der Waals surface area contributed by atoms with Gasteiger partial charge in [-0.2, -0.15) is 0 Å². The average molecular weight is 594 g/mol. The molecule has 0 bridgehead atoms. The number of nitrogens with zero attached hydrogens (tertiary/aromatic N) is 1. The highest BCUT2D eigenvalue weighted by Crippen LogP contribution is 2.50. The van der Waals surface area contributed by atoms with E-state index in [4.69, 9.17) is 32.7 Å². The second kappa shape index (κ2) is 12.2. The van der Waals surface area contributed by atoms with E-state index in [2.05, 4.69) is 54.4 Å². The van der Waals surface area contributed by atoms with Crippen molar-refractivity contribution in [2.75, 3.05) is 26.3 Å². The molecule has 1 aliphatic heterocycles. The van der Waals surface area contributed by atoms with Crippen molar-refractivity contribution in [2.24, 2.45) is 17.8 Å². The van der Waals surface area contributed by atoms with E-state index in [-0.39, 0.29) is 11.8 Å². The molecular weight excluding hydrogens is 555 g/mol. The molecule has 216 valence electrons. The Morgan fingerprint density at radius 1 is 0.927 bits per heavy atom. The smallest absolute Gasteiger partial charge is 0.227 e. The third-order valence-electron chi connectivity index (χ3n) is 9.28. The van der Waals surface area contributed by atoms with Crippen molar-refractivity contribution in [1.82, 2.24) is 10.2 Å². The van der Waals surface area contributed by atoms with Crippen LogP contribution in [0.25, 0.3) is 0 Å². The quantitative estimate of drug-likeness (QED) is 0.253. The van der Waals surface area contributed by atoms with Crippen molar-refractivity contribution in [3.63, 3.8) is 0 Å². The first-order valence-corrected chi connectivity index (χ1v) is 15.5. The normalized spacial score (nSPS) is 23.3. The Labute approximate surface area is 253 Å². The van der Waals surface area contributed by atoms with E-state index in [0.717, 1.165) is 38.1 Å². The Morgan fingerprint density at radius 3 is 2.37 bits per heavy atom. The molecule has 0 aromatic heterocycles. The third kappa shape index (κ3) is 6.09. The third-order valence-corrected chi connectivity index (χ3v) is 9.88. The number of fused-ring (bicyclic) bond motifs is 1. The van der Waals surface area contributed by atoms with Crippen molar-refractivity contribution in [2.45, 2.75) is 51.6 Å². The predicted octanol–water partition coefficient (Wildman–Crippen LogP) is 7.20. The van der Waals surface area contributed by atoms with Gasteiger partial charge in [0.15, 0.2) is 5.75 Å². The standard InChI is InChI=1S/C34H38Cl2N2O3/c1-21-5-3-6-24(22(21)2)20-38(26-11-12-26)34(39)32-28(17-25-18-37-19-29(25)32)23-9-13-27(14-10-23)40-15-16-41-33-30(35)7-4-8-31(33)36/h3-10,13-14,25-26,28-29,32,37H,11-12,15-20H2,1-2H3/t25-,28-,29+,32+/m1/s1. The Kier molecular flexibility index (Phi) is 8.48. The lowest BCUT2D eigenvalue weighted by atomic mass is 9.83. The number of ether oxygens (including phenoxy) is 2. The van der Waals surface area contributed by atoms with Crippen molar-refractivity contribution in [3.05, 3.63) is 93.0 Å². The van der Waals surface area contributed by atoms with E-state index >= 15 is 0 Å². The Bertz CT molecular complexity index is 1370. The van der Waals surface area contributed by atoms with Gasteiger partial charge in [0.05, 0.1) is 10.0 Å². The van der Waals surface area contributed by atoms with E-state index in [1.807, 2.05) is 12.1 Å². The highest BCUT2D eigenvalue weighted by Gasteiger charge is 2.51. The minimum Gasteiger partial charge on any atom is -0.490 e. The maximum absolute atomic E-state index is 14.4. The number of rotatable bonds is 10. The average Bonchev–Trinajstić information content (AvgIpc) is 3.59. The van der Waals surface area contributed by atoms with E-state index in [1.54, 1.807) is 18.2 Å². The van der Waals surface area contributed by atoms with Gasteiger partial charge in [0, 0.05) is 18.5 Å². The van der Waals surface area contributed by atoms with E-state index in [0.29, 0.717) is 59.3 Å². The van der Waals surface area contributed by atoms with Gasteiger partial charge in [0.25, 0.3) is 0 Å². The first-order chi connectivity index (χ1) is 19.9. The molecule has 1 saturated heterocycles. The van der Waals surface area contributed by atoms with Crippen LogP contribution >= 0.6 is 23.2 Å². The molecule has 0 radical (unpaired) electrons. The summed E-state index contributed by atoms with van der Waals surface area (Å²) in [5.41, 5.74) is 5.08. The molecule has 7 heteroatoms. The monoisotopic (exact) mass is 592 g/mol. The van der Waals surface area contributed by atoms with Gasteiger partial charge in [0.1, 0.15) is 19.0 Å². The van der Waals surface area contributed by atoms with Crippen LogP contribution in [0.2, 0.25) is 10.0 Å². The molecule has 3 aromatic rings. The number of carbonyl (C=O) groups excluding carboxylic acids is 1. The number of para-hydroxylation sites is 1. The Balaban J connectivity index is 1.14. The summed E-state index contributed by atoms with van der Waals surface area (Å²) in [6.45, 7) is 7.67. The van der Waals surface area contributed by atoms with Gasteiger partial charge >= 0.3 is 0 Å². The van der Waals surface area contributed by atoms with Crippen molar-refractivity contribution >= 4 is 29.1 Å². The van der Waals surface area contributed by atoms with Crippen LogP contribution in [0.4, 0.5) is 0 Å². The summed E-state index contributed by atoms with van der Waals surface area (Å²) >= 11 is 12.4. The number of aryl methyl sites for hydroxylation is 1. The predicted molar refractivity (Wildman–Crippen MR) is 164 cm³/mol. The van der Waals surface area contributed by atoms with Crippen molar-refractivity contribution in [3.8, 4) is 11.5 Å². The van der Waals surface area contributed by atoms with E-state index in [1.165, 1.54) is 22.3 Å². The van der Waals surface area contributed by atoms with E-state index < -0.39 is 0 Å². The maximum Gasteiger partial charge on any atom is 0.227 e. The SMILES string of the molecule is Cc1cccc(CN(C(=O)[C@@H]2[C@H]3CNC[C@H]3C[C@@H]2c2ccc(OCCOc3c(Cl)cccc3Cl)cc2)C2CC2)c1C. The molecule has 5 nitrogen and oxygen atoms in total. The highest BCUT2D eigenvalue weighted by molar-refractivity contribution is 6.37. The molecule has 2 saturated carbocycles. The minimum absolute atomic E-state index is 0.00116. The Hall–Kier alpha value is -2.73. The molecule has 3 fully saturated rings. The van der Waals surface area contributed by atoms with Gasteiger partial charge in [-0.25, -0.2) is 0 Å². The summed E-state index contributed by atoms with van der Waals surface area (Å²) in [6.07, 6.45) is 3.26. The molecule has 0 spiro atoms. The van der Waals surface area contributed by atoms with Crippen LogP contribution in [0.1, 0.15) is 47.4 Å². The van der Waals surface area contributed by atoms with Crippen molar-refractivity contribution in [1.29, 1.82) is 0 Å².